The van der Waals surface area contributed by atoms with Crippen LogP contribution in [-0.2, 0) is 10.0 Å². The summed E-state index contributed by atoms with van der Waals surface area (Å²) in [7, 11) is -0.0973. The monoisotopic (exact) mass is 295 g/mol. The molecule has 108 valence electrons. The second kappa shape index (κ2) is 6.02. The molecule has 2 rings (SSSR count). The first-order valence-electron chi connectivity index (χ1n) is 6.15. The molecule has 0 aliphatic heterocycles. The van der Waals surface area contributed by atoms with Crippen molar-refractivity contribution in [1.82, 2.24) is 14.7 Å². The van der Waals surface area contributed by atoms with Crippen LogP contribution in [0.4, 0.5) is 11.8 Å². The number of hydrogen-bond donors (Lipinski definition) is 3. The molecule has 0 atom stereocenters. The molecular weight excluding hydrogens is 278 g/mol. The number of fused-ring (bicyclic) bond motifs is 1. The van der Waals surface area contributed by atoms with Crippen LogP contribution in [0.15, 0.2) is 24.3 Å². The minimum absolute atomic E-state index is 0.0171. The molecule has 0 spiro atoms. The van der Waals surface area contributed by atoms with Crippen LogP contribution in [0.3, 0.4) is 0 Å². The fourth-order valence-corrected chi connectivity index (χ4v) is 2.30. The van der Waals surface area contributed by atoms with E-state index in [0.29, 0.717) is 11.8 Å². The number of rotatable bonds is 6. The molecule has 3 N–H and O–H groups in total. The van der Waals surface area contributed by atoms with Crippen molar-refractivity contribution in [2.75, 3.05) is 37.0 Å². The lowest BCUT2D eigenvalue weighted by atomic mass is 10.2. The fourth-order valence-electron chi connectivity index (χ4n) is 1.73. The van der Waals surface area contributed by atoms with Gasteiger partial charge in [-0.15, -0.1) is 0 Å². The van der Waals surface area contributed by atoms with Crippen LogP contribution in [0.1, 0.15) is 0 Å². The van der Waals surface area contributed by atoms with Crippen molar-refractivity contribution in [1.29, 1.82) is 0 Å². The van der Waals surface area contributed by atoms with Gasteiger partial charge in [-0.3, -0.25) is 0 Å². The Morgan fingerprint density at radius 1 is 1.15 bits per heavy atom. The third kappa shape index (κ3) is 3.34. The standard InChI is InChI=1S/C12H17N5O2S/c1-13-12-16-10-6-4-3-5-9(10)11(17-12)15-7-8-20(18,19)14-2/h3-6,14H,7-8H2,1-2H3,(H2,13,15,16,17). The van der Waals surface area contributed by atoms with Gasteiger partial charge in [0.05, 0.1) is 11.3 Å². The van der Waals surface area contributed by atoms with E-state index in [-0.39, 0.29) is 12.3 Å². The number of nitrogens with one attached hydrogen (secondary N) is 3. The Hall–Kier alpha value is -1.93. The minimum atomic E-state index is -3.23. The molecule has 7 nitrogen and oxygen atoms in total. The van der Waals surface area contributed by atoms with E-state index in [1.165, 1.54) is 7.05 Å². The van der Waals surface area contributed by atoms with Crippen molar-refractivity contribution in [3.63, 3.8) is 0 Å². The number of sulfonamides is 1. The van der Waals surface area contributed by atoms with Crippen LogP contribution in [-0.4, -0.2) is 44.8 Å². The molecule has 0 aliphatic rings. The molecule has 2 aromatic rings. The summed E-state index contributed by atoms with van der Waals surface area (Å²) >= 11 is 0. The summed E-state index contributed by atoms with van der Waals surface area (Å²) in [5.74, 6) is 1.09. The molecule has 0 radical (unpaired) electrons. The fraction of sp³-hybridized carbons (Fsp3) is 0.333. The second-order valence-corrected chi connectivity index (χ2v) is 6.16. The van der Waals surface area contributed by atoms with Gasteiger partial charge in [-0.05, 0) is 19.2 Å². The van der Waals surface area contributed by atoms with Gasteiger partial charge >= 0.3 is 0 Å². The number of benzene rings is 1. The van der Waals surface area contributed by atoms with Crippen molar-refractivity contribution in [2.45, 2.75) is 0 Å². The number of aromatic nitrogens is 2. The molecule has 1 aromatic heterocycles. The van der Waals surface area contributed by atoms with Gasteiger partial charge in [0.25, 0.3) is 0 Å². The highest BCUT2D eigenvalue weighted by molar-refractivity contribution is 7.89. The minimum Gasteiger partial charge on any atom is -0.368 e. The van der Waals surface area contributed by atoms with E-state index in [2.05, 4.69) is 25.3 Å². The average Bonchev–Trinajstić information content (AvgIpc) is 2.46. The Morgan fingerprint density at radius 3 is 2.60 bits per heavy atom. The molecule has 0 bridgehead atoms. The SMILES string of the molecule is CNc1nc(NCCS(=O)(=O)NC)c2ccccc2n1. The summed E-state index contributed by atoms with van der Waals surface area (Å²) in [5.41, 5.74) is 0.797. The van der Waals surface area contributed by atoms with Crippen LogP contribution in [0, 0.1) is 0 Å². The lowest BCUT2D eigenvalue weighted by Gasteiger charge is -2.10. The van der Waals surface area contributed by atoms with Gasteiger partial charge in [-0.25, -0.2) is 18.1 Å². The first kappa shape index (κ1) is 14.5. The molecule has 1 heterocycles. The van der Waals surface area contributed by atoms with Crippen LogP contribution in [0.2, 0.25) is 0 Å². The van der Waals surface area contributed by atoms with E-state index in [0.717, 1.165) is 10.9 Å². The van der Waals surface area contributed by atoms with Crippen molar-refractivity contribution >= 4 is 32.7 Å². The highest BCUT2D eigenvalue weighted by Gasteiger charge is 2.09. The smallest absolute Gasteiger partial charge is 0.224 e. The predicted molar refractivity (Wildman–Crippen MR) is 80.4 cm³/mol. The summed E-state index contributed by atoms with van der Waals surface area (Å²) in [6.45, 7) is 0.271. The molecule has 0 unspecified atom stereocenters. The van der Waals surface area contributed by atoms with Gasteiger partial charge in [0, 0.05) is 19.0 Å². The maximum Gasteiger partial charge on any atom is 0.224 e. The Morgan fingerprint density at radius 2 is 1.90 bits per heavy atom. The summed E-state index contributed by atoms with van der Waals surface area (Å²) < 4.78 is 25.0. The predicted octanol–water partition coefficient (Wildman–Crippen LogP) is 0.633. The molecule has 20 heavy (non-hydrogen) atoms. The van der Waals surface area contributed by atoms with E-state index in [1.54, 1.807) is 7.05 Å². The van der Waals surface area contributed by atoms with Gasteiger partial charge in [0.15, 0.2) is 0 Å². The molecule has 8 heteroatoms. The third-order valence-corrected chi connectivity index (χ3v) is 4.16. The quantitative estimate of drug-likeness (QED) is 0.723. The highest BCUT2D eigenvalue weighted by Crippen LogP contribution is 2.21. The largest absolute Gasteiger partial charge is 0.368 e. The van der Waals surface area contributed by atoms with Crippen molar-refractivity contribution in [2.24, 2.45) is 0 Å². The van der Waals surface area contributed by atoms with E-state index >= 15 is 0 Å². The van der Waals surface area contributed by atoms with Crippen LogP contribution in [0.5, 0.6) is 0 Å². The molecular formula is C12H17N5O2S. The molecule has 0 saturated carbocycles. The number of nitrogens with zero attached hydrogens (tertiary/aromatic N) is 2. The number of anilines is 2. The maximum absolute atomic E-state index is 11.4. The van der Waals surface area contributed by atoms with Crippen molar-refractivity contribution in [3.05, 3.63) is 24.3 Å². The zero-order chi connectivity index (χ0) is 14.6. The molecule has 1 aromatic carbocycles. The van der Waals surface area contributed by atoms with Gasteiger partial charge < -0.3 is 10.6 Å². The second-order valence-electron chi connectivity index (χ2n) is 4.11. The van der Waals surface area contributed by atoms with Crippen LogP contribution >= 0.6 is 0 Å². The van der Waals surface area contributed by atoms with E-state index in [4.69, 9.17) is 0 Å². The lowest BCUT2D eigenvalue weighted by molar-refractivity contribution is 0.588. The molecule has 0 fully saturated rings. The van der Waals surface area contributed by atoms with E-state index in [9.17, 15) is 8.42 Å². The molecule has 0 aliphatic carbocycles. The summed E-state index contributed by atoms with van der Waals surface area (Å²) in [6, 6.07) is 7.56. The Bertz CT molecular complexity index is 702. The normalized spacial score (nSPS) is 11.5. The first-order chi connectivity index (χ1) is 9.55. The van der Waals surface area contributed by atoms with E-state index < -0.39 is 10.0 Å². The zero-order valence-corrected chi connectivity index (χ0v) is 12.2. The lowest BCUT2D eigenvalue weighted by Crippen LogP contribution is -2.26. The van der Waals surface area contributed by atoms with Crippen LogP contribution < -0.4 is 15.4 Å². The summed E-state index contributed by atoms with van der Waals surface area (Å²) in [4.78, 5) is 8.65. The van der Waals surface area contributed by atoms with Crippen LogP contribution in [0.25, 0.3) is 10.9 Å². The number of para-hydroxylation sites is 1. The highest BCUT2D eigenvalue weighted by atomic mass is 32.2. The Kier molecular flexibility index (Phi) is 4.35. The maximum atomic E-state index is 11.4. The average molecular weight is 295 g/mol. The Labute approximate surface area is 117 Å². The van der Waals surface area contributed by atoms with Gasteiger partial charge in [-0.2, -0.15) is 4.98 Å². The summed E-state index contributed by atoms with van der Waals surface area (Å²) in [6.07, 6.45) is 0. The third-order valence-electron chi connectivity index (χ3n) is 2.80. The van der Waals surface area contributed by atoms with Crippen molar-refractivity contribution < 1.29 is 8.42 Å². The number of hydrogen-bond acceptors (Lipinski definition) is 6. The molecule has 0 amide bonds. The zero-order valence-electron chi connectivity index (χ0n) is 11.3. The van der Waals surface area contributed by atoms with Gasteiger partial charge in [-0.1, -0.05) is 12.1 Å². The first-order valence-corrected chi connectivity index (χ1v) is 7.80. The Balaban J connectivity index is 2.24. The van der Waals surface area contributed by atoms with Gasteiger partial charge in [0.1, 0.15) is 5.82 Å². The van der Waals surface area contributed by atoms with Gasteiger partial charge in [0.2, 0.25) is 16.0 Å². The molecule has 0 saturated heterocycles. The summed E-state index contributed by atoms with van der Waals surface area (Å²) in [5, 5.41) is 6.78. The van der Waals surface area contributed by atoms with E-state index in [1.807, 2.05) is 24.3 Å². The topological polar surface area (TPSA) is 96.0 Å². The van der Waals surface area contributed by atoms with Crippen molar-refractivity contribution in [3.8, 4) is 0 Å².